The summed E-state index contributed by atoms with van der Waals surface area (Å²) >= 11 is 0. The highest BCUT2D eigenvalue weighted by Gasteiger charge is 2.74. The summed E-state index contributed by atoms with van der Waals surface area (Å²) in [7, 11) is 2.10. The molecule has 7 heterocycles. The smallest absolute Gasteiger partial charge is 0.247 e. The molecule has 5 saturated heterocycles. The monoisotopic (exact) mass is 482 g/mol. The molecule has 2 aromatic rings. The fraction of sp³-hybridized carbons (Fsp3) is 0.517. The second-order valence-electron chi connectivity index (χ2n) is 12.6. The Hall–Kier alpha value is -3.06. The maximum absolute atomic E-state index is 14.5. The molecule has 184 valence electrons. The molecule has 2 amide bonds. The molecule has 7 aliphatic rings. The molecule has 1 spiro atoms. The van der Waals surface area contributed by atoms with Gasteiger partial charge in [-0.2, -0.15) is 0 Å². The Morgan fingerprint density at radius 3 is 2.22 bits per heavy atom. The molecule has 0 unspecified atom stereocenters. The molecule has 0 aromatic heterocycles. The molecule has 3 bridgehead atoms. The van der Waals surface area contributed by atoms with Gasteiger partial charge in [0.05, 0.1) is 12.6 Å². The molecule has 8 atom stereocenters. The van der Waals surface area contributed by atoms with Crippen LogP contribution in [0.3, 0.4) is 0 Å². The lowest BCUT2D eigenvalue weighted by molar-refractivity contribution is -0.161. The molecule has 7 heteroatoms. The molecule has 0 saturated carbocycles. The predicted octanol–water partition coefficient (Wildman–Crippen LogP) is 2.58. The van der Waals surface area contributed by atoms with Gasteiger partial charge in [0.2, 0.25) is 11.8 Å². The van der Waals surface area contributed by atoms with Crippen LogP contribution in [-0.4, -0.2) is 71.3 Å². The van der Waals surface area contributed by atoms with Crippen LogP contribution in [0.25, 0.3) is 0 Å². The first-order valence-corrected chi connectivity index (χ1v) is 13.3. The SMILES string of the molecule is CN1c2ccccc2[C@]23C[C@@H]4C(=O)N5[C@@H](C[C@@]6(C)c7ccccc7N(C[C@]7(C)O[C@H]7C2)[C@@H]56)C(=O)N4[C@@H]13. The summed E-state index contributed by atoms with van der Waals surface area (Å²) < 4.78 is 6.56. The zero-order chi connectivity index (χ0) is 24.4. The lowest BCUT2D eigenvalue weighted by Gasteiger charge is -2.47. The van der Waals surface area contributed by atoms with E-state index >= 15 is 0 Å². The quantitative estimate of drug-likeness (QED) is 0.541. The Morgan fingerprint density at radius 1 is 0.806 bits per heavy atom. The Kier molecular flexibility index (Phi) is 3.20. The number of carbonyl (C=O) groups is 2. The van der Waals surface area contributed by atoms with Crippen molar-refractivity contribution < 1.29 is 14.3 Å². The number of anilines is 2. The third kappa shape index (κ3) is 1.93. The van der Waals surface area contributed by atoms with Crippen molar-refractivity contribution in [3.8, 4) is 0 Å². The van der Waals surface area contributed by atoms with Gasteiger partial charge in [-0.25, -0.2) is 0 Å². The number of carbonyl (C=O) groups excluding carboxylic acids is 2. The van der Waals surface area contributed by atoms with E-state index in [1.165, 1.54) is 22.5 Å². The molecule has 5 fully saturated rings. The Bertz CT molecular complexity index is 1410. The van der Waals surface area contributed by atoms with Crippen molar-refractivity contribution in [2.75, 3.05) is 23.4 Å². The average molecular weight is 483 g/mol. The number of benzene rings is 2. The number of epoxide rings is 1. The van der Waals surface area contributed by atoms with Gasteiger partial charge < -0.3 is 24.3 Å². The number of fused-ring (bicyclic) bond motifs is 6. The van der Waals surface area contributed by atoms with E-state index in [2.05, 4.69) is 79.2 Å². The Morgan fingerprint density at radius 2 is 1.44 bits per heavy atom. The first-order valence-electron chi connectivity index (χ1n) is 13.3. The molecule has 7 aliphatic heterocycles. The molecule has 0 N–H and O–H groups in total. The van der Waals surface area contributed by atoms with Crippen molar-refractivity contribution in [1.82, 2.24) is 9.80 Å². The van der Waals surface area contributed by atoms with Crippen LogP contribution in [0.4, 0.5) is 11.4 Å². The molecule has 36 heavy (non-hydrogen) atoms. The maximum Gasteiger partial charge on any atom is 0.247 e. The summed E-state index contributed by atoms with van der Waals surface area (Å²) in [5, 5.41) is 0. The minimum absolute atomic E-state index is 0.0903. The zero-order valence-corrected chi connectivity index (χ0v) is 20.8. The van der Waals surface area contributed by atoms with Crippen LogP contribution in [0.15, 0.2) is 48.5 Å². The molecule has 7 nitrogen and oxygen atoms in total. The first-order chi connectivity index (χ1) is 17.3. The third-order valence-corrected chi connectivity index (χ3v) is 10.9. The fourth-order valence-corrected chi connectivity index (χ4v) is 9.42. The molecule has 2 aromatic carbocycles. The zero-order valence-electron chi connectivity index (χ0n) is 20.8. The lowest BCUT2D eigenvalue weighted by atomic mass is 9.73. The summed E-state index contributed by atoms with van der Waals surface area (Å²) in [4.78, 5) is 37.6. The van der Waals surface area contributed by atoms with Crippen molar-refractivity contribution in [3.63, 3.8) is 0 Å². The van der Waals surface area contributed by atoms with E-state index in [0.717, 1.165) is 13.0 Å². The van der Waals surface area contributed by atoms with Gasteiger partial charge in [0.15, 0.2) is 0 Å². The number of para-hydroxylation sites is 2. The summed E-state index contributed by atoms with van der Waals surface area (Å²) in [6.07, 6.45) is 1.94. The Balaban J connectivity index is 1.30. The van der Waals surface area contributed by atoms with E-state index in [1.807, 2.05) is 9.80 Å². The second kappa shape index (κ2) is 5.75. The first kappa shape index (κ1) is 20.0. The average Bonchev–Trinajstić information content (AvgIpc) is 3.14. The van der Waals surface area contributed by atoms with E-state index in [0.29, 0.717) is 12.8 Å². The minimum atomic E-state index is -0.425. The lowest BCUT2D eigenvalue weighted by Crippen LogP contribution is -2.68. The molecular formula is C29H30N4O3. The van der Waals surface area contributed by atoms with Gasteiger partial charge in [-0.05, 0) is 49.4 Å². The van der Waals surface area contributed by atoms with E-state index < -0.39 is 12.1 Å². The van der Waals surface area contributed by atoms with E-state index in [9.17, 15) is 9.59 Å². The van der Waals surface area contributed by atoms with Crippen molar-refractivity contribution >= 4 is 23.2 Å². The van der Waals surface area contributed by atoms with E-state index in [-0.39, 0.29) is 46.7 Å². The summed E-state index contributed by atoms with van der Waals surface area (Å²) in [5.74, 6) is 0.256. The van der Waals surface area contributed by atoms with Crippen molar-refractivity contribution in [1.29, 1.82) is 0 Å². The number of hydrogen-bond acceptors (Lipinski definition) is 5. The third-order valence-electron chi connectivity index (χ3n) is 10.9. The highest BCUT2D eigenvalue weighted by atomic mass is 16.6. The number of piperazine rings is 1. The van der Waals surface area contributed by atoms with Crippen LogP contribution in [0.1, 0.15) is 44.2 Å². The number of nitrogens with zero attached hydrogens (tertiary/aromatic N) is 4. The van der Waals surface area contributed by atoms with E-state index in [4.69, 9.17) is 4.74 Å². The Labute approximate surface area is 210 Å². The van der Waals surface area contributed by atoms with Crippen LogP contribution in [0.2, 0.25) is 0 Å². The van der Waals surface area contributed by atoms with Gasteiger partial charge in [0, 0.05) is 29.3 Å². The number of hydrogen-bond donors (Lipinski definition) is 0. The van der Waals surface area contributed by atoms with Gasteiger partial charge in [-0.1, -0.05) is 43.3 Å². The van der Waals surface area contributed by atoms with Gasteiger partial charge in [0.25, 0.3) is 0 Å². The summed E-state index contributed by atoms with van der Waals surface area (Å²) in [6, 6.07) is 16.2. The van der Waals surface area contributed by atoms with Crippen molar-refractivity contribution in [3.05, 3.63) is 59.7 Å². The van der Waals surface area contributed by atoms with Crippen LogP contribution in [-0.2, 0) is 25.2 Å². The number of likely N-dealkylation sites (N-methyl/N-ethyl adjacent to an activating group) is 1. The van der Waals surface area contributed by atoms with Crippen molar-refractivity contribution in [2.24, 2.45) is 0 Å². The number of amides is 2. The van der Waals surface area contributed by atoms with E-state index in [1.54, 1.807) is 0 Å². The van der Waals surface area contributed by atoms with Gasteiger partial charge in [-0.3, -0.25) is 9.59 Å². The maximum atomic E-state index is 14.5. The van der Waals surface area contributed by atoms with Gasteiger partial charge in [0.1, 0.15) is 30.0 Å². The van der Waals surface area contributed by atoms with Crippen LogP contribution < -0.4 is 9.80 Å². The molecule has 0 aliphatic carbocycles. The summed E-state index contributed by atoms with van der Waals surface area (Å²) in [5.41, 5.74) is 4.00. The molecule has 9 rings (SSSR count). The highest BCUT2D eigenvalue weighted by molar-refractivity contribution is 6.00. The van der Waals surface area contributed by atoms with Gasteiger partial charge in [-0.15, -0.1) is 0 Å². The topological polar surface area (TPSA) is 59.6 Å². The normalized spacial score (nSPS) is 44.5. The highest BCUT2D eigenvalue weighted by Crippen LogP contribution is 2.63. The number of rotatable bonds is 0. The fourth-order valence-electron chi connectivity index (χ4n) is 9.42. The number of ether oxygens (including phenoxy) is 1. The van der Waals surface area contributed by atoms with Crippen molar-refractivity contribution in [2.45, 2.75) is 80.1 Å². The van der Waals surface area contributed by atoms with Gasteiger partial charge >= 0.3 is 0 Å². The van der Waals surface area contributed by atoms with Crippen LogP contribution in [0, 0.1) is 0 Å². The minimum Gasteiger partial charge on any atom is -0.364 e. The standard InChI is InChI=1S/C29H30N4O3/c1-27-12-20-23(34)33-21-13-29(17-9-5-6-10-18(17)30(3)26(29)33)14-22-28(2,36-22)15-31(25(27)32(20)24(21)35)19-11-7-4-8-16(19)27/h4-11,20-22,25-26H,12-15H2,1-3H3/t20-,21+,22-,25-,26+,27-,28-,29-/m0/s1. The molecular weight excluding hydrogens is 452 g/mol. The largest absolute Gasteiger partial charge is 0.364 e. The van der Waals surface area contributed by atoms with Crippen LogP contribution >= 0.6 is 0 Å². The van der Waals surface area contributed by atoms with Crippen LogP contribution in [0.5, 0.6) is 0 Å². The predicted molar refractivity (Wildman–Crippen MR) is 134 cm³/mol. The second-order valence-corrected chi connectivity index (χ2v) is 12.6. The molecule has 0 radical (unpaired) electrons. The summed E-state index contributed by atoms with van der Waals surface area (Å²) in [6.45, 7) is 5.23.